The Kier molecular flexibility index (Phi) is 5.56. The molecule has 22 heavy (non-hydrogen) atoms. The summed E-state index contributed by atoms with van der Waals surface area (Å²) in [6, 6.07) is 9.30. The Morgan fingerprint density at radius 3 is 2.82 bits per heavy atom. The number of hydrogen-bond acceptors (Lipinski definition) is 4. The number of rotatable bonds is 6. The zero-order chi connectivity index (χ0) is 15.9. The molecule has 0 saturated heterocycles. The Morgan fingerprint density at radius 1 is 1.41 bits per heavy atom. The van der Waals surface area contributed by atoms with Crippen LogP contribution in [0.15, 0.2) is 34.9 Å². The van der Waals surface area contributed by atoms with E-state index in [4.69, 9.17) is 21.3 Å². The maximum atomic E-state index is 11.9. The van der Waals surface area contributed by atoms with Crippen LogP contribution in [0.2, 0.25) is 5.02 Å². The highest BCUT2D eigenvalue weighted by atomic mass is 35.5. The average Bonchev–Trinajstić information content (AvgIpc) is 2.99. The largest absolute Gasteiger partial charge is 0.441 e. The smallest absolute Gasteiger partial charge is 0.222 e. The number of nitrogens with zero attached hydrogens (tertiary/aromatic N) is 3. The lowest BCUT2D eigenvalue weighted by atomic mass is 10.2. The van der Waals surface area contributed by atoms with Crippen LogP contribution in [0.3, 0.4) is 0 Å². The fraction of sp³-hybridized carbons (Fsp3) is 0.312. The molecule has 114 valence electrons. The molecule has 0 radical (unpaired) electrons. The lowest BCUT2D eigenvalue weighted by molar-refractivity contribution is -0.129. The Morgan fingerprint density at radius 2 is 2.14 bits per heavy atom. The molecule has 0 N–H and O–H groups in total. The van der Waals surface area contributed by atoms with Crippen molar-refractivity contribution in [2.75, 3.05) is 13.6 Å². The average molecular weight is 318 g/mol. The third kappa shape index (κ3) is 4.34. The summed E-state index contributed by atoms with van der Waals surface area (Å²) in [7, 11) is 1.69. The Bertz CT molecular complexity index is 673. The van der Waals surface area contributed by atoms with Crippen LogP contribution in [-0.2, 0) is 11.2 Å². The van der Waals surface area contributed by atoms with Gasteiger partial charge in [-0.3, -0.25) is 4.79 Å². The summed E-state index contributed by atoms with van der Waals surface area (Å²) in [6.45, 7) is 0.441. The number of nitriles is 1. The number of aromatic nitrogens is 1. The first-order chi connectivity index (χ1) is 10.6. The van der Waals surface area contributed by atoms with Crippen molar-refractivity contribution in [3.63, 3.8) is 0 Å². The number of amides is 1. The van der Waals surface area contributed by atoms with Crippen LogP contribution in [0.5, 0.6) is 0 Å². The van der Waals surface area contributed by atoms with Gasteiger partial charge in [0.2, 0.25) is 5.91 Å². The zero-order valence-electron chi connectivity index (χ0n) is 12.3. The molecule has 0 bridgehead atoms. The van der Waals surface area contributed by atoms with Crippen LogP contribution < -0.4 is 0 Å². The summed E-state index contributed by atoms with van der Waals surface area (Å²) in [4.78, 5) is 17.6. The zero-order valence-corrected chi connectivity index (χ0v) is 13.0. The fourth-order valence-electron chi connectivity index (χ4n) is 1.92. The lowest BCUT2D eigenvalue weighted by Gasteiger charge is -2.14. The first kappa shape index (κ1) is 16.1. The minimum atomic E-state index is -0.0264. The second kappa shape index (κ2) is 7.62. The molecule has 0 atom stereocenters. The maximum absolute atomic E-state index is 11.9. The van der Waals surface area contributed by atoms with Gasteiger partial charge in [-0.1, -0.05) is 11.6 Å². The van der Waals surface area contributed by atoms with Gasteiger partial charge in [-0.15, -0.1) is 0 Å². The number of carbonyl (C=O) groups is 1. The van der Waals surface area contributed by atoms with Crippen molar-refractivity contribution in [1.29, 1.82) is 5.26 Å². The highest BCUT2D eigenvalue weighted by molar-refractivity contribution is 6.30. The molecule has 2 rings (SSSR count). The molecule has 0 saturated carbocycles. The second-order valence-electron chi connectivity index (χ2n) is 4.85. The van der Waals surface area contributed by atoms with Crippen molar-refractivity contribution < 1.29 is 9.21 Å². The Balaban J connectivity index is 1.91. The van der Waals surface area contributed by atoms with Crippen molar-refractivity contribution in [2.24, 2.45) is 0 Å². The molecule has 0 aliphatic heterocycles. The molecular formula is C16H16ClN3O2. The summed E-state index contributed by atoms with van der Waals surface area (Å²) in [5.41, 5.74) is 0.889. The first-order valence-electron chi connectivity index (χ1n) is 6.91. The number of halogens is 1. The number of benzene rings is 1. The van der Waals surface area contributed by atoms with E-state index in [2.05, 4.69) is 4.98 Å². The number of oxazole rings is 1. The van der Waals surface area contributed by atoms with Crippen molar-refractivity contribution in [3.8, 4) is 17.4 Å². The highest BCUT2D eigenvalue weighted by Crippen LogP contribution is 2.22. The molecule has 0 spiro atoms. The Labute approximate surface area is 134 Å². The van der Waals surface area contributed by atoms with Gasteiger partial charge in [-0.25, -0.2) is 4.98 Å². The van der Waals surface area contributed by atoms with E-state index in [1.807, 2.05) is 18.2 Å². The molecule has 6 heteroatoms. The topological polar surface area (TPSA) is 70.1 Å². The predicted octanol–water partition coefficient (Wildman–Crippen LogP) is 3.30. The fourth-order valence-corrected chi connectivity index (χ4v) is 2.05. The predicted molar refractivity (Wildman–Crippen MR) is 83.1 cm³/mol. The van der Waals surface area contributed by atoms with E-state index in [9.17, 15) is 4.79 Å². The minimum Gasteiger partial charge on any atom is -0.441 e. The van der Waals surface area contributed by atoms with Gasteiger partial charge in [-0.05, 0) is 24.3 Å². The van der Waals surface area contributed by atoms with Gasteiger partial charge in [0, 0.05) is 37.0 Å². The standard InChI is InChI=1S/C16H16ClN3O2/c1-20(10-2-9-18)16(21)8-7-15-19-11-14(22-15)12-3-5-13(17)6-4-12/h3-6,11H,2,7-8,10H2,1H3. The number of hydrogen-bond donors (Lipinski definition) is 0. The maximum Gasteiger partial charge on any atom is 0.222 e. The van der Waals surface area contributed by atoms with E-state index in [-0.39, 0.29) is 5.91 Å². The number of aryl methyl sites for hydroxylation is 1. The molecule has 1 amide bonds. The molecule has 0 fully saturated rings. The van der Waals surface area contributed by atoms with Gasteiger partial charge in [0.25, 0.3) is 0 Å². The third-order valence-electron chi connectivity index (χ3n) is 3.22. The highest BCUT2D eigenvalue weighted by Gasteiger charge is 2.12. The van der Waals surface area contributed by atoms with Gasteiger partial charge >= 0.3 is 0 Å². The molecule has 1 aromatic carbocycles. The summed E-state index contributed by atoms with van der Waals surface area (Å²) >= 11 is 5.85. The minimum absolute atomic E-state index is 0.0264. The van der Waals surface area contributed by atoms with E-state index in [0.717, 1.165) is 5.56 Å². The van der Waals surface area contributed by atoms with E-state index >= 15 is 0 Å². The van der Waals surface area contributed by atoms with Crippen LogP contribution in [0, 0.1) is 11.3 Å². The summed E-state index contributed by atoms with van der Waals surface area (Å²) in [5, 5.41) is 9.17. The molecule has 1 aromatic heterocycles. The van der Waals surface area contributed by atoms with Crippen LogP contribution in [-0.4, -0.2) is 29.4 Å². The Hall–Kier alpha value is -2.32. The quantitative estimate of drug-likeness (QED) is 0.819. The van der Waals surface area contributed by atoms with Crippen molar-refractivity contribution in [2.45, 2.75) is 19.3 Å². The first-order valence-corrected chi connectivity index (χ1v) is 7.29. The molecule has 0 aliphatic carbocycles. The molecule has 2 aromatic rings. The van der Waals surface area contributed by atoms with Crippen LogP contribution in [0.4, 0.5) is 0 Å². The van der Waals surface area contributed by atoms with Gasteiger partial charge in [0.15, 0.2) is 11.7 Å². The van der Waals surface area contributed by atoms with Gasteiger partial charge in [0.05, 0.1) is 18.7 Å². The van der Waals surface area contributed by atoms with Crippen molar-refractivity contribution >= 4 is 17.5 Å². The normalized spacial score (nSPS) is 10.2. The van der Waals surface area contributed by atoms with Gasteiger partial charge in [0.1, 0.15) is 0 Å². The second-order valence-corrected chi connectivity index (χ2v) is 5.28. The molecule has 5 nitrogen and oxygen atoms in total. The van der Waals surface area contributed by atoms with E-state index in [1.165, 1.54) is 0 Å². The molecular weight excluding hydrogens is 302 g/mol. The summed E-state index contributed by atoms with van der Waals surface area (Å²) < 4.78 is 5.64. The van der Waals surface area contributed by atoms with Gasteiger partial charge < -0.3 is 9.32 Å². The van der Waals surface area contributed by atoms with Crippen molar-refractivity contribution in [3.05, 3.63) is 41.4 Å². The molecule has 1 heterocycles. The number of carbonyl (C=O) groups excluding carboxylic acids is 1. The molecule has 0 aliphatic rings. The van der Waals surface area contributed by atoms with Crippen LogP contribution in [0.25, 0.3) is 11.3 Å². The van der Waals surface area contributed by atoms with Crippen LogP contribution in [0.1, 0.15) is 18.7 Å². The third-order valence-corrected chi connectivity index (χ3v) is 3.47. The van der Waals surface area contributed by atoms with E-state index in [1.54, 1.807) is 30.3 Å². The van der Waals surface area contributed by atoms with E-state index < -0.39 is 0 Å². The van der Waals surface area contributed by atoms with E-state index in [0.29, 0.717) is 42.5 Å². The summed E-state index contributed by atoms with van der Waals surface area (Å²) in [5.74, 6) is 1.14. The SMILES string of the molecule is CN(CCC#N)C(=O)CCc1ncc(-c2ccc(Cl)cc2)o1. The van der Waals surface area contributed by atoms with Crippen LogP contribution >= 0.6 is 11.6 Å². The molecule has 0 unspecified atom stereocenters. The lowest BCUT2D eigenvalue weighted by Crippen LogP contribution is -2.27. The summed E-state index contributed by atoms with van der Waals surface area (Å²) in [6.07, 6.45) is 2.72. The van der Waals surface area contributed by atoms with Crippen molar-refractivity contribution in [1.82, 2.24) is 9.88 Å². The van der Waals surface area contributed by atoms with Gasteiger partial charge in [-0.2, -0.15) is 5.26 Å². The monoisotopic (exact) mass is 317 g/mol.